The first kappa shape index (κ1) is 14.2. The lowest BCUT2D eigenvalue weighted by molar-refractivity contribution is -0.127. The van der Waals surface area contributed by atoms with Gasteiger partial charge in [-0.2, -0.15) is 0 Å². The Balaban J connectivity index is 1.48. The number of piperidine rings is 1. The van der Waals surface area contributed by atoms with Crippen molar-refractivity contribution < 1.29 is 14.3 Å². The average molecular weight is 323 g/mol. The summed E-state index contributed by atoms with van der Waals surface area (Å²) in [6.07, 6.45) is 1.71. The Labute approximate surface area is 134 Å². The van der Waals surface area contributed by atoms with Crippen LogP contribution in [0.1, 0.15) is 18.4 Å². The van der Waals surface area contributed by atoms with E-state index in [0.717, 1.165) is 43.1 Å². The van der Waals surface area contributed by atoms with Crippen molar-refractivity contribution in [2.24, 2.45) is 5.92 Å². The third kappa shape index (κ3) is 2.32. The first-order chi connectivity index (χ1) is 10.6. The minimum absolute atomic E-state index is 0.261. The molecule has 0 N–H and O–H groups in total. The molecule has 0 unspecified atom stereocenters. The van der Waals surface area contributed by atoms with Gasteiger partial charge in [0.25, 0.3) is 0 Å². The second-order valence-corrected chi connectivity index (χ2v) is 6.76. The van der Waals surface area contributed by atoms with E-state index in [-0.39, 0.29) is 12.7 Å². The van der Waals surface area contributed by atoms with Gasteiger partial charge in [0, 0.05) is 56.2 Å². The van der Waals surface area contributed by atoms with Gasteiger partial charge in [-0.3, -0.25) is 9.69 Å². The van der Waals surface area contributed by atoms with Crippen LogP contribution in [0, 0.1) is 5.92 Å². The maximum absolute atomic E-state index is 11.8. The molecule has 1 aromatic carbocycles. The van der Waals surface area contributed by atoms with Crippen molar-refractivity contribution in [1.82, 2.24) is 9.80 Å². The SMILES string of the molecule is CN1C(=O)C[C@@H]2CN(Cc3cc4c(cc3Cl)OCO4)CC[C@@H]21. The van der Waals surface area contributed by atoms with Crippen molar-refractivity contribution in [3.05, 3.63) is 22.7 Å². The molecule has 3 heterocycles. The zero-order valence-electron chi connectivity index (χ0n) is 12.5. The summed E-state index contributed by atoms with van der Waals surface area (Å²) in [5, 5.41) is 0.714. The molecule has 1 aromatic rings. The fourth-order valence-corrected chi connectivity index (χ4v) is 4.04. The highest BCUT2D eigenvalue weighted by atomic mass is 35.5. The minimum atomic E-state index is 0.261. The molecule has 0 bridgehead atoms. The largest absolute Gasteiger partial charge is 0.454 e. The Bertz CT molecular complexity index is 622. The van der Waals surface area contributed by atoms with Crippen LogP contribution in [-0.4, -0.2) is 48.7 Å². The zero-order chi connectivity index (χ0) is 15.3. The third-order valence-corrected chi connectivity index (χ3v) is 5.39. The van der Waals surface area contributed by atoms with Crippen LogP contribution < -0.4 is 9.47 Å². The lowest BCUT2D eigenvalue weighted by atomic mass is 9.92. The van der Waals surface area contributed by atoms with Crippen LogP contribution in [0.5, 0.6) is 11.5 Å². The van der Waals surface area contributed by atoms with Gasteiger partial charge in [0.1, 0.15) is 0 Å². The Morgan fingerprint density at radius 1 is 1.32 bits per heavy atom. The monoisotopic (exact) mass is 322 g/mol. The van der Waals surface area contributed by atoms with Gasteiger partial charge in [-0.05, 0) is 18.1 Å². The van der Waals surface area contributed by atoms with Crippen molar-refractivity contribution in [2.45, 2.75) is 25.4 Å². The Morgan fingerprint density at radius 3 is 2.91 bits per heavy atom. The number of fused-ring (bicyclic) bond motifs is 2. The molecule has 22 heavy (non-hydrogen) atoms. The number of nitrogens with zero attached hydrogens (tertiary/aromatic N) is 2. The van der Waals surface area contributed by atoms with E-state index in [2.05, 4.69) is 4.90 Å². The van der Waals surface area contributed by atoms with Crippen molar-refractivity contribution in [3.63, 3.8) is 0 Å². The summed E-state index contributed by atoms with van der Waals surface area (Å²) in [6, 6.07) is 4.22. The molecule has 0 aliphatic carbocycles. The fourth-order valence-electron chi connectivity index (χ4n) is 3.82. The number of halogens is 1. The smallest absolute Gasteiger partial charge is 0.231 e. The number of carbonyl (C=O) groups excluding carboxylic acids is 1. The van der Waals surface area contributed by atoms with Gasteiger partial charge in [-0.1, -0.05) is 11.6 Å². The fraction of sp³-hybridized carbons (Fsp3) is 0.562. The van der Waals surface area contributed by atoms with Gasteiger partial charge >= 0.3 is 0 Å². The summed E-state index contributed by atoms with van der Waals surface area (Å²) >= 11 is 6.36. The molecule has 2 saturated heterocycles. The van der Waals surface area contributed by atoms with Crippen LogP contribution in [-0.2, 0) is 11.3 Å². The van der Waals surface area contributed by atoms with E-state index in [4.69, 9.17) is 21.1 Å². The van der Waals surface area contributed by atoms with Crippen LogP contribution in [0.4, 0.5) is 0 Å². The Kier molecular flexibility index (Phi) is 3.42. The summed E-state index contributed by atoms with van der Waals surface area (Å²) in [5.41, 5.74) is 1.06. The van der Waals surface area contributed by atoms with Crippen LogP contribution in [0.3, 0.4) is 0 Å². The van der Waals surface area contributed by atoms with E-state index in [0.29, 0.717) is 23.4 Å². The number of rotatable bonds is 2. The lowest BCUT2D eigenvalue weighted by Gasteiger charge is -2.36. The van der Waals surface area contributed by atoms with Gasteiger partial charge in [-0.25, -0.2) is 0 Å². The van der Waals surface area contributed by atoms with E-state index < -0.39 is 0 Å². The highest BCUT2D eigenvalue weighted by Gasteiger charge is 2.40. The van der Waals surface area contributed by atoms with E-state index >= 15 is 0 Å². The molecule has 118 valence electrons. The van der Waals surface area contributed by atoms with E-state index in [9.17, 15) is 4.79 Å². The van der Waals surface area contributed by atoms with Crippen molar-refractivity contribution in [1.29, 1.82) is 0 Å². The molecular weight excluding hydrogens is 304 g/mol. The second-order valence-electron chi connectivity index (χ2n) is 6.36. The average Bonchev–Trinajstić information content (AvgIpc) is 3.04. The molecule has 3 aliphatic heterocycles. The number of ether oxygens (including phenoxy) is 2. The maximum Gasteiger partial charge on any atom is 0.231 e. The Morgan fingerprint density at radius 2 is 2.09 bits per heavy atom. The standard InChI is InChI=1S/C16H19ClN2O3/c1-18-13-2-3-19(8-11(13)5-16(18)20)7-10-4-14-15(6-12(10)17)22-9-21-14/h4,6,11,13H,2-3,5,7-9H2,1H3/t11-,13+/m1/s1. The van der Waals surface area contributed by atoms with Crippen molar-refractivity contribution in [3.8, 4) is 11.5 Å². The number of carbonyl (C=O) groups is 1. The highest BCUT2D eigenvalue weighted by molar-refractivity contribution is 6.31. The predicted octanol–water partition coefficient (Wildman–Crippen LogP) is 2.12. The molecule has 4 rings (SSSR count). The molecule has 0 aromatic heterocycles. The summed E-state index contributed by atoms with van der Waals surface area (Å²) < 4.78 is 10.8. The van der Waals surface area contributed by atoms with Crippen LogP contribution in [0.2, 0.25) is 5.02 Å². The summed E-state index contributed by atoms with van der Waals surface area (Å²) in [4.78, 5) is 16.2. The zero-order valence-corrected chi connectivity index (χ0v) is 13.3. The lowest BCUT2D eigenvalue weighted by Crippen LogP contribution is -2.44. The molecule has 6 heteroatoms. The number of likely N-dealkylation sites (tertiary alicyclic amines) is 2. The molecule has 0 radical (unpaired) electrons. The van der Waals surface area contributed by atoms with Crippen molar-refractivity contribution in [2.75, 3.05) is 26.9 Å². The van der Waals surface area contributed by atoms with E-state index in [1.165, 1.54) is 0 Å². The normalized spacial score (nSPS) is 27.4. The first-order valence-electron chi connectivity index (χ1n) is 7.68. The molecular formula is C16H19ClN2O3. The molecule has 1 amide bonds. The number of hydrogen-bond donors (Lipinski definition) is 0. The molecule has 3 aliphatic rings. The number of benzene rings is 1. The van der Waals surface area contributed by atoms with Gasteiger partial charge in [0.15, 0.2) is 11.5 Å². The summed E-state index contributed by atoms with van der Waals surface area (Å²) in [7, 11) is 1.93. The highest BCUT2D eigenvalue weighted by Crippen LogP contribution is 2.38. The van der Waals surface area contributed by atoms with Gasteiger partial charge in [0.05, 0.1) is 0 Å². The van der Waals surface area contributed by atoms with Crippen LogP contribution in [0.25, 0.3) is 0 Å². The predicted molar refractivity (Wildman–Crippen MR) is 82.1 cm³/mol. The number of amides is 1. The molecule has 0 saturated carbocycles. The van der Waals surface area contributed by atoms with E-state index in [1.54, 1.807) is 0 Å². The van der Waals surface area contributed by atoms with Crippen LogP contribution in [0.15, 0.2) is 12.1 Å². The van der Waals surface area contributed by atoms with Gasteiger partial charge in [0.2, 0.25) is 12.7 Å². The van der Waals surface area contributed by atoms with Crippen molar-refractivity contribution >= 4 is 17.5 Å². The summed E-state index contributed by atoms with van der Waals surface area (Å²) in [6.45, 7) is 2.99. The van der Waals surface area contributed by atoms with Gasteiger partial charge < -0.3 is 14.4 Å². The van der Waals surface area contributed by atoms with E-state index in [1.807, 2.05) is 24.1 Å². The van der Waals surface area contributed by atoms with Crippen LogP contribution >= 0.6 is 11.6 Å². The second kappa shape index (κ2) is 5.32. The van der Waals surface area contributed by atoms with Gasteiger partial charge in [-0.15, -0.1) is 0 Å². The summed E-state index contributed by atoms with van der Waals surface area (Å²) in [5.74, 6) is 2.21. The minimum Gasteiger partial charge on any atom is -0.454 e. The maximum atomic E-state index is 11.8. The topological polar surface area (TPSA) is 42.0 Å². The molecule has 0 spiro atoms. The first-order valence-corrected chi connectivity index (χ1v) is 8.05. The number of hydrogen-bond acceptors (Lipinski definition) is 4. The molecule has 2 atom stereocenters. The molecule has 5 nitrogen and oxygen atoms in total. The molecule has 2 fully saturated rings. The third-order valence-electron chi connectivity index (χ3n) is 5.04. The Hall–Kier alpha value is -1.46. The quantitative estimate of drug-likeness (QED) is 0.836.